The summed E-state index contributed by atoms with van der Waals surface area (Å²) in [5, 5.41) is 0. The van der Waals surface area contributed by atoms with E-state index in [1.165, 1.54) is 16.7 Å². The van der Waals surface area contributed by atoms with Gasteiger partial charge in [0.2, 0.25) is 0 Å². The average Bonchev–Trinajstić information content (AvgIpc) is 2.56. The molecule has 0 fully saturated rings. The van der Waals surface area contributed by atoms with Crippen LogP contribution in [0.1, 0.15) is 25.3 Å². The minimum Gasteiger partial charge on any atom is -0.256 e. The monoisotopic (exact) mass is 273 g/mol. The third-order valence-corrected chi connectivity index (χ3v) is 3.73. The molecule has 0 spiro atoms. The highest BCUT2D eigenvalue weighted by atomic mass is 14.7. The predicted octanol–water partition coefficient (Wildman–Crippen LogP) is 5.54. The van der Waals surface area contributed by atoms with E-state index < -0.39 is 0 Å². The van der Waals surface area contributed by atoms with Crippen LogP contribution in [0.2, 0.25) is 0 Å². The van der Waals surface area contributed by atoms with Gasteiger partial charge in [0, 0.05) is 17.3 Å². The summed E-state index contributed by atoms with van der Waals surface area (Å²) in [7, 11) is 0. The van der Waals surface area contributed by atoms with Gasteiger partial charge in [-0.2, -0.15) is 0 Å². The van der Waals surface area contributed by atoms with E-state index in [-0.39, 0.29) is 0 Å². The molecule has 0 aliphatic rings. The van der Waals surface area contributed by atoms with E-state index in [1.54, 1.807) is 0 Å². The summed E-state index contributed by atoms with van der Waals surface area (Å²) in [4.78, 5) is 4.63. The highest BCUT2D eigenvalue weighted by Gasteiger charge is 2.08. The van der Waals surface area contributed by atoms with Crippen LogP contribution in [0.5, 0.6) is 0 Å². The smallest absolute Gasteiger partial charge is 0.0702 e. The van der Waals surface area contributed by atoms with E-state index in [2.05, 4.69) is 67.4 Å². The number of rotatable bonds is 3. The van der Waals surface area contributed by atoms with E-state index in [0.717, 1.165) is 11.3 Å². The van der Waals surface area contributed by atoms with Gasteiger partial charge in [-0.1, -0.05) is 74.5 Å². The Morgan fingerprint density at radius 3 is 2.10 bits per heavy atom. The van der Waals surface area contributed by atoms with Crippen molar-refractivity contribution < 1.29 is 0 Å². The van der Waals surface area contributed by atoms with Crippen molar-refractivity contribution in [1.82, 2.24) is 4.98 Å². The lowest BCUT2D eigenvalue weighted by Gasteiger charge is -2.12. The molecule has 3 aromatic rings. The largest absolute Gasteiger partial charge is 0.256 e. The Balaban J connectivity index is 1.99. The third kappa shape index (κ3) is 2.87. The van der Waals surface area contributed by atoms with Crippen LogP contribution in [0.4, 0.5) is 0 Å². The van der Waals surface area contributed by atoms with Crippen molar-refractivity contribution in [3.63, 3.8) is 0 Å². The zero-order valence-electron chi connectivity index (χ0n) is 12.5. The van der Waals surface area contributed by atoms with E-state index in [1.807, 2.05) is 24.4 Å². The van der Waals surface area contributed by atoms with Crippen molar-refractivity contribution in [2.75, 3.05) is 0 Å². The van der Waals surface area contributed by atoms with Crippen molar-refractivity contribution in [2.24, 2.45) is 0 Å². The number of nitrogens with zero attached hydrogens (tertiary/aromatic N) is 1. The number of pyridine rings is 1. The van der Waals surface area contributed by atoms with Gasteiger partial charge in [-0.25, -0.2) is 0 Å². The van der Waals surface area contributed by atoms with Gasteiger partial charge in [0.25, 0.3) is 0 Å². The molecule has 21 heavy (non-hydrogen) atoms. The van der Waals surface area contributed by atoms with Crippen LogP contribution in [0.3, 0.4) is 0 Å². The number of hydrogen-bond donors (Lipinski definition) is 0. The molecule has 0 radical (unpaired) electrons. The first-order valence-electron chi connectivity index (χ1n) is 7.36. The number of aromatic nitrogens is 1. The Bertz CT molecular complexity index is 712. The van der Waals surface area contributed by atoms with Crippen LogP contribution in [0.15, 0.2) is 72.9 Å². The molecule has 0 saturated carbocycles. The molecule has 1 heterocycles. The first-order chi connectivity index (χ1) is 10.3. The lowest BCUT2D eigenvalue weighted by Crippen LogP contribution is -1.93. The first-order valence-corrected chi connectivity index (χ1v) is 7.36. The average molecular weight is 273 g/mol. The highest BCUT2D eigenvalue weighted by Crippen LogP contribution is 2.29. The second-order valence-corrected chi connectivity index (χ2v) is 5.54. The minimum atomic E-state index is 0.509. The van der Waals surface area contributed by atoms with Crippen LogP contribution in [0.25, 0.3) is 22.4 Å². The summed E-state index contributed by atoms with van der Waals surface area (Å²) < 4.78 is 0. The van der Waals surface area contributed by atoms with Gasteiger partial charge in [0.1, 0.15) is 0 Å². The van der Waals surface area contributed by atoms with Crippen LogP contribution in [-0.4, -0.2) is 4.98 Å². The molecule has 2 aromatic carbocycles. The Morgan fingerprint density at radius 2 is 1.43 bits per heavy atom. The summed E-state index contributed by atoms with van der Waals surface area (Å²) in [6, 6.07) is 23.1. The van der Waals surface area contributed by atoms with Crippen molar-refractivity contribution in [3.05, 3.63) is 78.5 Å². The van der Waals surface area contributed by atoms with Gasteiger partial charge in [0.15, 0.2) is 0 Å². The van der Waals surface area contributed by atoms with E-state index in [0.29, 0.717) is 5.92 Å². The lowest BCUT2D eigenvalue weighted by molar-refractivity contribution is 0.869. The Labute approximate surface area is 126 Å². The maximum absolute atomic E-state index is 4.63. The van der Waals surface area contributed by atoms with Crippen molar-refractivity contribution in [1.29, 1.82) is 0 Å². The summed E-state index contributed by atoms with van der Waals surface area (Å²) in [6.45, 7) is 4.45. The van der Waals surface area contributed by atoms with Gasteiger partial charge in [-0.05, 0) is 23.1 Å². The third-order valence-electron chi connectivity index (χ3n) is 3.73. The molecular formula is C20H19N. The summed E-state index contributed by atoms with van der Waals surface area (Å²) in [6.07, 6.45) is 1.98. The molecule has 0 aliphatic heterocycles. The SMILES string of the molecule is CC(C)c1ccccc1-c1ccc(-c2ccccc2)nc1. The van der Waals surface area contributed by atoms with Crippen LogP contribution in [-0.2, 0) is 0 Å². The number of benzene rings is 2. The Morgan fingerprint density at radius 1 is 0.714 bits per heavy atom. The molecule has 1 nitrogen and oxygen atoms in total. The topological polar surface area (TPSA) is 12.9 Å². The maximum atomic E-state index is 4.63. The van der Waals surface area contributed by atoms with Crippen molar-refractivity contribution >= 4 is 0 Å². The molecule has 0 saturated heterocycles. The molecule has 1 heteroatoms. The molecule has 0 aliphatic carbocycles. The van der Waals surface area contributed by atoms with Crippen molar-refractivity contribution in [2.45, 2.75) is 19.8 Å². The fourth-order valence-electron chi connectivity index (χ4n) is 2.60. The van der Waals surface area contributed by atoms with Gasteiger partial charge in [-0.3, -0.25) is 4.98 Å². The number of hydrogen-bond acceptors (Lipinski definition) is 1. The molecule has 0 amide bonds. The zero-order valence-corrected chi connectivity index (χ0v) is 12.5. The second kappa shape index (κ2) is 5.92. The van der Waals surface area contributed by atoms with Gasteiger partial charge >= 0.3 is 0 Å². The molecule has 3 rings (SSSR count). The van der Waals surface area contributed by atoms with Crippen LogP contribution < -0.4 is 0 Å². The maximum Gasteiger partial charge on any atom is 0.0702 e. The summed E-state index contributed by atoms with van der Waals surface area (Å²) >= 11 is 0. The minimum absolute atomic E-state index is 0.509. The molecule has 104 valence electrons. The molecule has 1 aromatic heterocycles. The summed E-state index contributed by atoms with van der Waals surface area (Å²) in [5.41, 5.74) is 5.99. The standard InChI is InChI=1S/C20H19N/c1-15(2)18-10-6-7-11-19(18)17-12-13-20(21-14-17)16-8-4-3-5-9-16/h3-15H,1-2H3. The molecule has 0 atom stereocenters. The fraction of sp³-hybridized carbons (Fsp3) is 0.150. The predicted molar refractivity (Wildman–Crippen MR) is 89.2 cm³/mol. The second-order valence-electron chi connectivity index (χ2n) is 5.54. The normalized spacial score (nSPS) is 10.8. The molecule has 0 bridgehead atoms. The van der Waals surface area contributed by atoms with Crippen LogP contribution in [0, 0.1) is 0 Å². The van der Waals surface area contributed by atoms with Gasteiger partial charge in [-0.15, -0.1) is 0 Å². The first kappa shape index (κ1) is 13.6. The van der Waals surface area contributed by atoms with E-state index in [9.17, 15) is 0 Å². The molecule has 0 unspecified atom stereocenters. The quantitative estimate of drug-likeness (QED) is 0.610. The highest BCUT2D eigenvalue weighted by molar-refractivity contribution is 5.69. The lowest BCUT2D eigenvalue weighted by atomic mass is 9.93. The van der Waals surface area contributed by atoms with E-state index >= 15 is 0 Å². The molecular weight excluding hydrogens is 254 g/mol. The van der Waals surface area contributed by atoms with Crippen LogP contribution >= 0.6 is 0 Å². The van der Waals surface area contributed by atoms with E-state index in [4.69, 9.17) is 0 Å². The van der Waals surface area contributed by atoms with Gasteiger partial charge in [0.05, 0.1) is 5.69 Å². The van der Waals surface area contributed by atoms with Gasteiger partial charge < -0.3 is 0 Å². The fourth-order valence-corrected chi connectivity index (χ4v) is 2.60. The summed E-state index contributed by atoms with van der Waals surface area (Å²) in [5.74, 6) is 0.509. The zero-order chi connectivity index (χ0) is 14.7. The molecule has 0 N–H and O–H groups in total. The van der Waals surface area contributed by atoms with Crippen molar-refractivity contribution in [3.8, 4) is 22.4 Å². The Hall–Kier alpha value is -2.41. The Kier molecular flexibility index (Phi) is 3.83.